The van der Waals surface area contributed by atoms with E-state index in [9.17, 15) is 5.11 Å². The monoisotopic (exact) mass is 213 g/mol. The van der Waals surface area contributed by atoms with Crippen molar-refractivity contribution in [1.82, 2.24) is 5.32 Å². The van der Waals surface area contributed by atoms with Crippen molar-refractivity contribution in [2.45, 2.75) is 58.0 Å². The van der Waals surface area contributed by atoms with Gasteiger partial charge >= 0.3 is 0 Å². The Bertz CT molecular complexity index is 153. The summed E-state index contributed by atoms with van der Waals surface area (Å²) in [5.41, 5.74) is -0.499. The first-order valence-corrected chi connectivity index (χ1v) is 6.22. The minimum atomic E-state index is -0.499. The molecule has 0 spiro atoms. The summed E-state index contributed by atoms with van der Waals surface area (Å²) >= 11 is 0. The molecular formula is C13H27NO. The molecule has 0 heterocycles. The number of unbranched alkanes of at least 4 members (excludes halogenated alkanes) is 3. The molecule has 0 radical (unpaired) electrons. The quantitative estimate of drug-likeness (QED) is 0.432. The lowest BCUT2D eigenvalue weighted by molar-refractivity contribution is 0.0327. The molecule has 0 amide bonds. The van der Waals surface area contributed by atoms with E-state index in [0.29, 0.717) is 0 Å². The highest BCUT2D eigenvalue weighted by molar-refractivity contribution is 4.77. The van der Waals surface area contributed by atoms with Crippen molar-refractivity contribution in [3.63, 3.8) is 0 Å². The summed E-state index contributed by atoms with van der Waals surface area (Å²) in [5.74, 6) is 0. The summed E-state index contributed by atoms with van der Waals surface area (Å²) in [4.78, 5) is 0. The van der Waals surface area contributed by atoms with Crippen molar-refractivity contribution in [3.8, 4) is 0 Å². The zero-order valence-electron chi connectivity index (χ0n) is 10.4. The maximum atomic E-state index is 9.99. The summed E-state index contributed by atoms with van der Waals surface area (Å²) in [6, 6.07) is 0. The third kappa shape index (κ3) is 7.57. The molecule has 0 aliphatic rings. The van der Waals surface area contributed by atoms with E-state index in [2.05, 4.69) is 11.9 Å². The molecule has 0 aromatic heterocycles. The van der Waals surface area contributed by atoms with Crippen LogP contribution in [-0.2, 0) is 0 Å². The first kappa shape index (κ1) is 14.7. The highest BCUT2D eigenvalue weighted by Crippen LogP contribution is 2.12. The fourth-order valence-corrected chi connectivity index (χ4v) is 1.54. The fraction of sp³-hybridized carbons (Fsp3) is 0.846. The third-order valence-electron chi connectivity index (χ3n) is 3.03. The molecule has 0 atom stereocenters. The number of aliphatic hydroxyl groups is 1. The topological polar surface area (TPSA) is 32.3 Å². The van der Waals surface area contributed by atoms with E-state index in [-0.39, 0.29) is 0 Å². The van der Waals surface area contributed by atoms with Crippen molar-refractivity contribution < 1.29 is 5.11 Å². The summed E-state index contributed by atoms with van der Waals surface area (Å²) in [7, 11) is 0. The van der Waals surface area contributed by atoms with Crippen LogP contribution < -0.4 is 5.32 Å². The zero-order valence-corrected chi connectivity index (χ0v) is 10.4. The molecule has 2 heteroatoms. The smallest absolute Gasteiger partial charge is 0.0766 e. The molecule has 0 aliphatic carbocycles. The van der Waals surface area contributed by atoms with Crippen LogP contribution in [0.25, 0.3) is 0 Å². The van der Waals surface area contributed by atoms with Crippen LogP contribution in [0.3, 0.4) is 0 Å². The van der Waals surface area contributed by atoms with Crippen molar-refractivity contribution in [2.24, 2.45) is 0 Å². The second-order valence-electron chi connectivity index (χ2n) is 4.25. The largest absolute Gasteiger partial charge is 0.389 e. The molecule has 0 saturated heterocycles. The van der Waals surface area contributed by atoms with Crippen LogP contribution in [0.15, 0.2) is 12.7 Å². The summed E-state index contributed by atoms with van der Waals surface area (Å²) in [5, 5.41) is 13.3. The molecule has 0 aromatic rings. The van der Waals surface area contributed by atoms with Gasteiger partial charge in [-0.05, 0) is 38.6 Å². The van der Waals surface area contributed by atoms with E-state index in [1.807, 2.05) is 19.9 Å². The van der Waals surface area contributed by atoms with Crippen LogP contribution in [0.4, 0.5) is 0 Å². The standard InChI is InChI=1S/C13H27NO/c1-4-7-8-9-10-11-14-12-13(15,5-2)6-3/h4,14-15H,1,5-12H2,2-3H3. The first-order chi connectivity index (χ1) is 7.18. The van der Waals surface area contributed by atoms with E-state index >= 15 is 0 Å². The summed E-state index contributed by atoms with van der Waals surface area (Å²) in [6.45, 7) is 9.51. The second-order valence-corrected chi connectivity index (χ2v) is 4.25. The Hall–Kier alpha value is -0.340. The van der Waals surface area contributed by atoms with E-state index in [0.717, 1.165) is 32.4 Å². The average Bonchev–Trinajstić information content (AvgIpc) is 2.27. The summed E-state index contributed by atoms with van der Waals surface area (Å²) < 4.78 is 0. The Kier molecular flexibility index (Phi) is 8.73. The van der Waals surface area contributed by atoms with Gasteiger partial charge in [-0.25, -0.2) is 0 Å². The molecule has 0 saturated carbocycles. The van der Waals surface area contributed by atoms with Gasteiger partial charge in [0.25, 0.3) is 0 Å². The lowest BCUT2D eigenvalue weighted by atomic mass is 9.97. The molecule has 0 bridgehead atoms. The Morgan fingerprint density at radius 3 is 2.40 bits per heavy atom. The molecule has 0 aromatic carbocycles. The second kappa shape index (κ2) is 8.93. The van der Waals surface area contributed by atoms with Gasteiger partial charge in [-0.2, -0.15) is 0 Å². The van der Waals surface area contributed by atoms with Crippen LogP contribution in [-0.4, -0.2) is 23.8 Å². The summed E-state index contributed by atoms with van der Waals surface area (Å²) in [6.07, 6.45) is 8.41. The van der Waals surface area contributed by atoms with Crippen molar-refractivity contribution in [1.29, 1.82) is 0 Å². The lowest BCUT2D eigenvalue weighted by Gasteiger charge is -2.25. The number of allylic oxidation sites excluding steroid dienone is 1. The highest BCUT2D eigenvalue weighted by Gasteiger charge is 2.20. The first-order valence-electron chi connectivity index (χ1n) is 6.22. The molecule has 0 fully saturated rings. The van der Waals surface area contributed by atoms with Crippen molar-refractivity contribution >= 4 is 0 Å². The molecule has 0 rings (SSSR count). The highest BCUT2D eigenvalue weighted by atomic mass is 16.3. The molecule has 15 heavy (non-hydrogen) atoms. The van der Waals surface area contributed by atoms with Crippen LogP contribution in [0.2, 0.25) is 0 Å². The van der Waals surface area contributed by atoms with Crippen LogP contribution in [0.5, 0.6) is 0 Å². The van der Waals surface area contributed by atoms with Gasteiger partial charge in [0.2, 0.25) is 0 Å². The zero-order chi connectivity index (χ0) is 11.6. The Morgan fingerprint density at radius 1 is 1.20 bits per heavy atom. The average molecular weight is 213 g/mol. The van der Waals surface area contributed by atoms with Gasteiger partial charge in [0.05, 0.1) is 5.60 Å². The predicted octanol–water partition coefficient (Wildman–Crippen LogP) is 2.87. The van der Waals surface area contributed by atoms with Gasteiger partial charge in [0.15, 0.2) is 0 Å². The molecule has 90 valence electrons. The van der Waals surface area contributed by atoms with Crippen molar-refractivity contribution in [2.75, 3.05) is 13.1 Å². The van der Waals surface area contributed by atoms with Gasteiger partial charge in [0, 0.05) is 6.54 Å². The van der Waals surface area contributed by atoms with Gasteiger partial charge in [-0.3, -0.25) is 0 Å². The van der Waals surface area contributed by atoms with Crippen LogP contribution in [0.1, 0.15) is 52.4 Å². The van der Waals surface area contributed by atoms with E-state index in [4.69, 9.17) is 0 Å². The lowest BCUT2D eigenvalue weighted by Crippen LogP contribution is -2.39. The maximum absolute atomic E-state index is 9.99. The normalized spacial score (nSPS) is 11.7. The van der Waals surface area contributed by atoms with Crippen LogP contribution in [0, 0.1) is 0 Å². The predicted molar refractivity (Wildman–Crippen MR) is 67.1 cm³/mol. The van der Waals surface area contributed by atoms with Gasteiger partial charge in [-0.1, -0.05) is 26.3 Å². The van der Waals surface area contributed by atoms with E-state index in [1.54, 1.807) is 0 Å². The molecule has 2 N–H and O–H groups in total. The Balaban J connectivity index is 3.33. The molecular weight excluding hydrogens is 186 g/mol. The number of rotatable bonds is 10. The maximum Gasteiger partial charge on any atom is 0.0766 e. The van der Waals surface area contributed by atoms with E-state index in [1.165, 1.54) is 19.3 Å². The van der Waals surface area contributed by atoms with E-state index < -0.39 is 5.60 Å². The SMILES string of the molecule is C=CCCCCCNCC(O)(CC)CC. The number of hydrogen-bond donors (Lipinski definition) is 2. The molecule has 0 unspecified atom stereocenters. The van der Waals surface area contributed by atoms with Crippen LogP contribution >= 0.6 is 0 Å². The fourth-order valence-electron chi connectivity index (χ4n) is 1.54. The molecule has 2 nitrogen and oxygen atoms in total. The van der Waals surface area contributed by atoms with Gasteiger partial charge < -0.3 is 10.4 Å². The third-order valence-corrected chi connectivity index (χ3v) is 3.03. The Morgan fingerprint density at radius 2 is 1.87 bits per heavy atom. The molecule has 0 aliphatic heterocycles. The minimum Gasteiger partial charge on any atom is -0.389 e. The Labute approximate surface area is 94.8 Å². The van der Waals surface area contributed by atoms with Gasteiger partial charge in [-0.15, -0.1) is 6.58 Å². The minimum absolute atomic E-state index is 0.499. The van der Waals surface area contributed by atoms with Crippen molar-refractivity contribution in [3.05, 3.63) is 12.7 Å². The van der Waals surface area contributed by atoms with Gasteiger partial charge in [0.1, 0.15) is 0 Å². The number of hydrogen-bond acceptors (Lipinski definition) is 2. The number of nitrogens with one attached hydrogen (secondary N) is 1.